The molecule has 0 amide bonds. The lowest BCUT2D eigenvalue weighted by Gasteiger charge is -2.34. The second-order valence-electron chi connectivity index (χ2n) is 4.36. The Labute approximate surface area is 85.7 Å². The van der Waals surface area contributed by atoms with Crippen molar-refractivity contribution in [2.45, 2.75) is 26.7 Å². The molecule has 1 aromatic rings. The standard InChI is InChI=1S/C12H18N2/c1-9-6-7-11(9)8-13-12-5-3-4-10(2)14-12/h3-5,9,11H,6-8H2,1-2H3,(H,13,14)/t9-,11-/m0/s1. The minimum Gasteiger partial charge on any atom is -0.370 e. The highest BCUT2D eigenvalue weighted by Gasteiger charge is 2.25. The summed E-state index contributed by atoms with van der Waals surface area (Å²) in [5.41, 5.74) is 1.08. The highest BCUT2D eigenvalue weighted by Crippen LogP contribution is 2.33. The Morgan fingerprint density at radius 2 is 2.29 bits per heavy atom. The van der Waals surface area contributed by atoms with E-state index in [1.807, 2.05) is 19.1 Å². The van der Waals surface area contributed by atoms with Crippen LogP contribution < -0.4 is 5.32 Å². The molecule has 1 aromatic heterocycles. The Morgan fingerprint density at radius 1 is 1.43 bits per heavy atom. The van der Waals surface area contributed by atoms with E-state index in [0.29, 0.717) is 0 Å². The monoisotopic (exact) mass is 190 g/mol. The fraction of sp³-hybridized carbons (Fsp3) is 0.583. The molecule has 1 aliphatic carbocycles. The molecule has 0 radical (unpaired) electrons. The number of pyridine rings is 1. The van der Waals surface area contributed by atoms with Crippen molar-refractivity contribution in [3.63, 3.8) is 0 Å². The summed E-state index contributed by atoms with van der Waals surface area (Å²) >= 11 is 0. The first-order valence-electron chi connectivity index (χ1n) is 5.43. The van der Waals surface area contributed by atoms with Crippen LogP contribution in [0, 0.1) is 18.8 Å². The van der Waals surface area contributed by atoms with E-state index in [0.717, 1.165) is 29.9 Å². The van der Waals surface area contributed by atoms with E-state index in [1.54, 1.807) is 0 Å². The second-order valence-corrected chi connectivity index (χ2v) is 4.36. The predicted octanol–water partition coefficient (Wildman–Crippen LogP) is 2.85. The number of hydrogen-bond donors (Lipinski definition) is 1. The van der Waals surface area contributed by atoms with Crippen LogP contribution in [0.4, 0.5) is 5.82 Å². The van der Waals surface area contributed by atoms with Gasteiger partial charge in [0.05, 0.1) is 0 Å². The Balaban J connectivity index is 1.85. The Bertz CT molecular complexity index is 309. The SMILES string of the molecule is Cc1cccc(NC[C@@H]2CC[C@@H]2C)n1. The highest BCUT2D eigenvalue weighted by atomic mass is 15.0. The van der Waals surface area contributed by atoms with Gasteiger partial charge in [0, 0.05) is 12.2 Å². The van der Waals surface area contributed by atoms with Gasteiger partial charge in [0.1, 0.15) is 5.82 Å². The van der Waals surface area contributed by atoms with Crippen LogP contribution in [-0.4, -0.2) is 11.5 Å². The summed E-state index contributed by atoms with van der Waals surface area (Å²) < 4.78 is 0. The number of anilines is 1. The molecule has 0 saturated heterocycles. The third kappa shape index (κ3) is 2.06. The van der Waals surface area contributed by atoms with Crippen molar-refractivity contribution in [1.82, 2.24) is 4.98 Å². The fourth-order valence-corrected chi connectivity index (χ4v) is 1.92. The number of rotatable bonds is 3. The van der Waals surface area contributed by atoms with E-state index in [4.69, 9.17) is 0 Å². The van der Waals surface area contributed by atoms with Crippen LogP contribution in [-0.2, 0) is 0 Å². The summed E-state index contributed by atoms with van der Waals surface area (Å²) in [6.45, 7) is 5.44. The van der Waals surface area contributed by atoms with Crippen LogP contribution >= 0.6 is 0 Å². The van der Waals surface area contributed by atoms with E-state index in [1.165, 1.54) is 12.8 Å². The van der Waals surface area contributed by atoms with Gasteiger partial charge in [-0.2, -0.15) is 0 Å². The zero-order valence-electron chi connectivity index (χ0n) is 8.96. The lowest BCUT2D eigenvalue weighted by Crippen LogP contribution is -2.29. The maximum absolute atomic E-state index is 4.42. The molecule has 2 rings (SSSR count). The molecule has 0 aromatic carbocycles. The lowest BCUT2D eigenvalue weighted by molar-refractivity contribution is 0.210. The molecule has 0 aliphatic heterocycles. The number of nitrogens with zero attached hydrogens (tertiary/aromatic N) is 1. The summed E-state index contributed by atoms with van der Waals surface area (Å²) in [6.07, 6.45) is 2.77. The van der Waals surface area contributed by atoms with Crippen molar-refractivity contribution < 1.29 is 0 Å². The maximum Gasteiger partial charge on any atom is 0.126 e. The predicted molar refractivity (Wildman–Crippen MR) is 59.4 cm³/mol. The number of hydrogen-bond acceptors (Lipinski definition) is 2. The molecular formula is C12H18N2. The van der Waals surface area contributed by atoms with Crippen LogP contribution in [0.2, 0.25) is 0 Å². The van der Waals surface area contributed by atoms with E-state index in [9.17, 15) is 0 Å². The summed E-state index contributed by atoms with van der Waals surface area (Å²) in [7, 11) is 0. The zero-order valence-corrected chi connectivity index (χ0v) is 8.96. The van der Waals surface area contributed by atoms with Crippen LogP contribution in [0.1, 0.15) is 25.5 Å². The van der Waals surface area contributed by atoms with Gasteiger partial charge in [-0.05, 0) is 37.3 Å². The third-order valence-corrected chi connectivity index (χ3v) is 3.23. The van der Waals surface area contributed by atoms with Crippen molar-refractivity contribution in [2.75, 3.05) is 11.9 Å². The third-order valence-electron chi connectivity index (χ3n) is 3.23. The first kappa shape index (κ1) is 9.50. The van der Waals surface area contributed by atoms with Crippen LogP contribution in [0.25, 0.3) is 0 Å². The van der Waals surface area contributed by atoms with Crippen LogP contribution in [0.3, 0.4) is 0 Å². The largest absolute Gasteiger partial charge is 0.370 e. The molecule has 1 fully saturated rings. The van der Waals surface area contributed by atoms with Crippen LogP contribution in [0.5, 0.6) is 0 Å². The summed E-state index contributed by atoms with van der Waals surface area (Å²) in [6, 6.07) is 6.11. The Hall–Kier alpha value is -1.05. The molecule has 0 bridgehead atoms. The van der Waals surface area contributed by atoms with Crippen molar-refractivity contribution in [3.8, 4) is 0 Å². The molecule has 2 nitrogen and oxygen atoms in total. The van der Waals surface area contributed by atoms with Gasteiger partial charge in [-0.15, -0.1) is 0 Å². The van der Waals surface area contributed by atoms with E-state index < -0.39 is 0 Å². The molecule has 1 aliphatic rings. The minimum absolute atomic E-state index is 0.859. The fourth-order valence-electron chi connectivity index (χ4n) is 1.92. The second kappa shape index (κ2) is 3.99. The first-order chi connectivity index (χ1) is 6.75. The van der Waals surface area contributed by atoms with Gasteiger partial charge < -0.3 is 5.32 Å². The molecule has 76 valence electrons. The first-order valence-corrected chi connectivity index (χ1v) is 5.43. The maximum atomic E-state index is 4.42. The smallest absolute Gasteiger partial charge is 0.126 e. The quantitative estimate of drug-likeness (QED) is 0.792. The van der Waals surface area contributed by atoms with E-state index >= 15 is 0 Å². The van der Waals surface area contributed by atoms with Crippen LogP contribution in [0.15, 0.2) is 18.2 Å². The van der Waals surface area contributed by atoms with Crippen molar-refractivity contribution in [2.24, 2.45) is 11.8 Å². The van der Waals surface area contributed by atoms with Gasteiger partial charge >= 0.3 is 0 Å². The van der Waals surface area contributed by atoms with Gasteiger partial charge in [-0.25, -0.2) is 4.98 Å². The zero-order chi connectivity index (χ0) is 9.97. The average Bonchev–Trinajstić information content (AvgIpc) is 2.16. The highest BCUT2D eigenvalue weighted by molar-refractivity contribution is 5.35. The summed E-state index contributed by atoms with van der Waals surface area (Å²) in [4.78, 5) is 4.42. The van der Waals surface area contributed by atoms with Gasteiger partial charge in [-0.1, -0.05) is 19.4 Å². The van der Waals surface area contributed by atoms with Gasteiger partial charge in [0.15, 0.2) is 0 Å². The molecule has 1 N–H and O–H groups in total. The van der Waals surface area contributed by atoms with E-state index in [-0.39, 0.29) is 0 Å². The topological polar surface area (TPSA) is 24.9 Å². The van der Waals surface area contributed by atoms with Gasteiger partial charge in [0.2, 0.25) is 0 Å². The van der Waals surface area contributed by atoms with Gasteiger partial charge in [0.25, 0.3) is 0 Å². The lowest BCUT2D eigenvalue weighted by atomic mass is 9.75. The van der Waals surface area contributed by atoms with Crippen molar-refractivity contribution in [3.05, 3.63) is 23.9 Å². The van der Waals surface area contributed by atoms with Crippen molar-refractivity contribution >= 4 is 5.82 Å². The van der Waals surface area contributed by atoms with Crippen molar-refractivity contribution in [1.29, 1.82) is 0 Å². The van der Waals surface area contributed by atoms with Gasteiger partial charge in [-0.3, -0.25) is 0 Å². The normalized spacial score (nSPS) is 25.6. The minimum atomic E-state index is 0.859. The molecule has 14 heavy (non-hydrogen) atoms. The molecule has 2 atom stereocenters. The molecule has 2 heteroatoms. The Morgan fingerprint density at radius 3 is 2.86 bits per heavy atom. The number of aromatic nitrogens is 1. The Kier molecular flexibility index (Phi) is 2.71. The summed E-state index contributed by atoms with van der Waals surface area (Å²) in [5, 5.41) is 3.41. The molecule has 0 unspecified atom stereocenters. The molecule has 1 saturated carbocycles. The average molecular weight is 190 g/mol. The molecular weight excluding hydrogens is 172 g/mol. The molecule has 1 heterocycles. The van der Waals surface area contributed by atoms with E-state index in [2.05, 4.69) is 23.3 Å². The summed E-state index contributed by atoms with van der Waals surface area (Å²) in [5.74, 6) is 2.77. The molecule has 0 spiro atoms. The number of nitrogens with one attached hydrogen (secondary N) is 1. The number of aryl methyl sites for hydroxylation is 1.